The fourth-order valence-electron chi connectivity index (χ4n) is 1.41. The second kappa shape index (κ2) is 7.02. The van der Waals surface area contributed by atoms with Crippen LogP contribution in [-0.4, -0.2) is 45.0 Å². The topological polar surface area (TPSA) is 66.5 Å². The van der Waals surface area contributed by atoms with E-state index < -0.39 is 10.0 Å². The molecule has 0 fully saturated rings. The SMILES string of the molecule is CN(CCCNC(=O)c1ccccc1Br)S(C)(=O)=O. The average molecular weight is 349 g/mol. The molecule has 1 amide bonds. The number of carbonyl (C=O) groups excluding carboxylic acids is 1. The summed E-state index contributed by atoms with van der Waals surface area (Å²) in [6, 6.07) is 7.15. The zero-order chi connectivity index (χ0) is 14.5. The Kier molecular flexibility index (Phi) is 5.96. The Balaban J connectivity index is 2.39. The molecule has 1 N–H and O–H groups in total. The van der Waals surface area contributed by atoms with Gasteiger partial charge in [0.05, 0.1) is 11.8 Å². The highest BCUT2D eigenvalue weighted by atomic mass is 79.9. The molecule has 0 spiro atoms. The summed E-state index contributed by atoms with van der Waals surface area (Å²) < 4.78 is 24.3. The smallest absolute Gasteiger partial charge is 0.252 e. The summed E-state index contributed by atoms with van der Waals surface area (Å²) in [7, 11) is -1.63. The molecule has 106 valence electrons. The summed E-state index contributed by atoms with van der Waals surface area (Å²) in [5, 5.41) is 2.76. The highest BCUT2D eigenvalue weighted by molar-refractivity contribution is 9.10. The van der Waals surface area contributed by atoms with Gasteiger partial charge in [-0.2, -0.15) is 0 Å². The average Bonchev–Trinajstić information content (AvgIpc) is 2.33. The maximum absolute atomic E-state index is 11.8. The van der Waals surface area contributed by atoms with Crippen molar-refractivity contribution >= 4 is 31.9 Å². The Hall–Kier alpha value is -0.920. The van der Waals surface area contributed by atoms with Gasteiger partial charge in [0.1, 0.15) is 0 Å². The molecule has 0 aliphatic rings. The van der Waals surface area contributed by atoms with Crippen molar-refractivity contribution < 1.29 is 13.2 Å². The molecule has 1 rings (SSSR count). The standard InChI is InChI=1S/C12H17BrN2O3S/c1-15(19(2,17)18)9-5-8-14-12(16)10-6-3-4-7-11(10)13/h3-4,6-7H,5,8-9H2,1-2H3,(H,14,16). The lowest BCUT2D eigenvalue weighted by molar-refractivity contribution is 0.0952. The Morgan fingerprint density at radius 2 is 2.00 bits per heavy atom. The van der Waals surface area contributed by atoms with E-state index in [1.165, 1.54) is 11.4 Å². The second-order valence-corrected chi connectivity index (χ2v) is 7.12. The summed E-state index contributed by atoms with van der Waals surface area (Å²) in [4.78, 5) is 11.8. The number of nitrogens with zero attached hydrogens (tertiary/aromatic N) is 1. The third-order valence-electron chi connectivity index (χ3n) is 2.62. The van der Waals surface area contributed by atoms with Crippen LogP contribution in [0.5, 0.6) is 0 Å². The zero-order valence-electron chi connectivity index (χ0n) is 10.9. The number of sulfonamides is 1. The molecule has 0 saturated heterocycles. The second-order valence-electron chi connectivity index (χ2n) is 4.17. The van der Waals surface area contributed by atoms with Crippen molar-refractivity contribution in [3.63, 3.8) is 0 Å². The van der Waals surface area contributed by atoms with Gasteiger partial charge in [-0.3, -0.25) is 4.79 Å². The van der Waals surface area contributed by atoms with Gasteiger partial charge >= 0.3 is 0 Å². The Labute approximate surface area is 122 Å². The van der Waals surface area contributed by atoms with Gasteiger partial charge in [-0.15, -0.1) is 0 Å². The van der Waals surface area contributed by atoms with E-state index in [4.69, 9.17) is 0 Å². The first-order chi connectivity index (χ1) is 8.82. The first kappa shape index (κ1) is 16.1. The quantitative estimate of drug-likeness (QED) is 0.791. The van der Waals surface area contributed by atoms with Crippen LogP contribution in [0.4, 0.5) is 0 Å². The molecule has 0 aliphatic heterocycles. The highest BCUT2D eigenvalue weighted by Gasteiger charge is 2.11. The molecule has 0 heterocycles. The van der Waals surface area contributed by atoms with Gasteiger partial charge in [0.25, 0.3) is 5.91 Å². The van der Waals surface area contributed by atoms with E-state index in [0.717, 1.165) is 10.7 Å². The predicted molar refractivity (Wildman–Crippen MR) is 78.6 cm³/mol. The van der Waals surface area contributed by atoms with Crippen LogP contribution in [-0.2, 0) is 10.0 Å². The molecule has 0 atom stereocenters. The minimum atomic E-state index is -3.15. The Morgan fingerprint density at radius 3 is 2.58 bits per heavy atom. The van der Waals surface area contributed by atoms with Gasteiger partial charge in [-0.1, -0.05) is 12.1 Å². The summed E-state index contributed by atoms with van der Waals surface area (Å²) in [6.45, 7) is 0.815. The zero-order valence-corrected chi connectivity index (χ0v) is 13.3. The first-order valence-corrected chi connectivity index (χ1v) is 8.40. The minimum Gasteiger partial charge on any atom is -0.352 e. The van der Waals surface area contributed by atoms with Crippen LogP contribution in [0, 0.1) is 0 Å². The number of carbonyl (C=O) groups is 1. The van der Waals surface area contributed by atoms with Crippen LogP contribution in [0.2, 0.25) is 0 Å². The lowest BCUT2D eigenvalue weighted by Gasteiger charge is -2.14. The molecule has 7 heteroatoms. The van der Waals surface area contributed by atoms with Gasteiger partial charge in [-0.05, 0) is 34.5 Å². The van der Waals surface area contributed by atoms with Crippen LogP contribution in [0.15, 0.2) is 28.7 Å². The van der Waals surface area contributed by atoms with Gasteiger partial charge in [0.15, 0.2) is 0 Å². The van der Waals surface area contributed by atoms with Crippen LogP contribution >= 0.6 is 15.9 Å². The molecule has 0 saturated carbocycles. The van der Waals surface area contributed by atoms with E-state index in [2.05, 4.69) is 21.2 Å². The molecule has 0 bridgehead atoms. The summed E-state index contributed by atoms with van der Waals surface area (Å²) in [6.07, 6.45) is 1.73. The fourth-order valence-corrected chi connectivity index (χ4v) is 2.34. The minimum absolute atomic E-state index is 0.172. The third-order valence-corrected chi connectivity index (χ3v) is 4.63. The molecule has 0 unspecified atom stereocenters. The Bertz CT molecular complexity index is 546. The van der Waals surface area contributed by atoms with E-state index in [1.54, 1.807) is 18.2 Å². The molecule has 0 aliphatic carbocycles. The third kappa shape index (κ3) is 5.30. The number of nitrogens with one attached hydrogen (secondary N) is 1. The van der Waals surface area contributed by atoms with E-state index in [-0.39, 0.29) is 5.91 Å². The van der Waals surface area contributed by atoms with E-state index in [9.17, 15) is 13.2 Å². The van der Waals surface area contributed by atoms with Crippen molar-refractivity contribution in [1.29, 1.82) is 0 Å². The number of hydrogen-bond acceptors (Lipinski definition) is 3. The van der Waals surface area contributed by atoms with Gasteiger partial charge in [0, 0.05) is 24.6 Å². The van der Waals surface area contributed by atoms with Crippen LogP contribution in [0.3, 0.4) is 0 Å². The van der Waals surface area contributed by atoms with Crippen molar-refractivity contribution in [2.45, 2.75) is 6.42 Å². The van der Waals surface area contributed by atoms with Crippen molar-refractivity contribution in [2.75, 3.05) is 26.4 Å². The normalized spacial score (nSPS) is 11.6. The highest BCUT2D eigenvalue weighted by Crippen LogP contribution is 2.15. The molecule has 1 aromatic rings. The lowest BCUT2D eigenvalue weighted by Crippen LogP contribution is -2.31. The Morgan fingerprint density at radius 1 is 1.37 bits per heavy atom. The number of amides is 1. The van der Waals surface area contributed by atoms with E-state index in [1.807, 2.05) is 6.07 Å². The first-order valence-electron chi connectivity index (χ1n) is 5.76. The molecular weight excluding hydrogens is 332 g/mol. The fraction of sp³-hybridized carbons (Fsp3) is 0.417. The summed E-state index contributed by atoms with van der Waals surface area (Å²) >= 11 is 3.31. The van der Waals surface area contributed by atoms with Gasteiger partial charge < -0.3 is 5.32 Å². The lowest BCUT2D eigenvalue weighted by atomic mass is 10.2. The van der Waals surface area contributed by atoms with Crippen LogP contribution in [0.25, 0.3) is 0 Å². The molecule has 5 nitrogen and oxygen atoms in total. The molecular formula is C12H17BrN2O3S. The van der Waals surface area contributed by atoms with Crippen LogP contribution in [0.1, 0.15) is 16.8 Å². The molecule has 0 aromatic heterocycles. The largest absolute Gasteiger partial charge is 0.352 e. The summed E-state index contributed by atoms with van der Waals surface area (Å²) in [5.74, 6) is -0.172. The van der Waals surface area contributed by atoms with Crippen molar-refractivity contribution in [3.8, 4) is 0 Å². The maximum Gasteiger partial charge on any atom is 0.252 e. The van der Waals surface area contributed by atoms with Crippen molar-refractivity contribution in [1.82, 2.24) is 9.62 Å². The number of halogens is 1. The number of hydrogen-bond donors (Lipinski definition) is 1. The number of rotatable bonds is 6. The maximum atomic E-state index is 11.8. The monoisotopic (exact) mass is 348 g/mol. The molecule has 1 aromatic carbocycles. The molecule has 0 radical (unpaired) electrons. The van der Waals surface area contributed by atoms with Gasteiger partial charge in [0.2, 0.25) is 10.0 Å². The predicted octanol–water partition coefficient (Wildman–Crippen LogP) is 1.46. The van der Waals surface area contributed by atoms with E-state index >= 15 is 0 Å². The van der Waals surface area contributed by atoms with Crippen LogP contribution < -0.4 is 5.32 Å². The van der Waals surface area contributed by atoms with Crippen molar-refractivity contribution in [2.24, 2.45) is 0 Å². The summed E-state index contributed by atoms with van der Waals surface area (Å²) in [5.41, 5.74) is 0.568. The van der Waals surface area contributed by atoms with E-state index in [0.29, 0.717) is 25.1 Å². The van der Waals surface area contributed by atoms with Gasteiger partial charge in [-0.25, -0.2) is 12.7 Å². The molecule has 19 heavy (non-hydrogen) atoms. The van der Waals surface area contributed by atoms with Crippen molar-refractivity contribution in [3.05, 3.63) is 34.3 Å². The number of benzene rings is 1.